The van der Waals surface area contributed by atoms with Crippen LogP contribution in [-0.2, 0) is 4.79 Å². The summed E-state index contributed by atoms with van der Waals surface area (Å²) in [6.07, 6.45) is 7.91. The molecule has 3 heteroatoms. The van der Waals surface area contributed by atoms with Gasteiger partial charge in [0.15, 0.2) is 0 Å². The first-order valence-corrected chi connectivity index (χ1v) is 9.21. The molecule has 2 fully saturated rings. The summed E-state index contributed by atoms with van der Waals surface area (Å²) < 4.78 is 0. The summed E-state index contributed by atoms with van der Waals surface area (Å²) in [5, 5.41) is 1.06. The summed E-state index contributed by atoms with van der Waals surface area (Å²) in [5.41, 5.74) is 3.80. The molecular formula is C23H20N2O. The van der Waals surface area contributed by atoms with Crippen molar-refractivity contribution in [3.63, 3.8) is 0 Å². The van der Waals surface area contributed by atoms with Gasteiger partial charge in [0.05, 0.1) is 16.6 Å². The molecule has 1 aromatic heterocycles. The molecular weight excluding hydrogens is 320 g/mol. The Labute approximate surface area is 153 Å². The lowest BCUT2D eigenvalue weighted by molar-refractivity contribution is -0.129. The van der Waals surface area contributed by atoms with Crippen molar-refractivity contribution in [2.45, 2.75) is 25.7 Å². The lowest BCUT2D eigenvalue weighted by atomic mass is 9.67. The van der Waals surface area contributed by atoms with Gasteiger partial charge in [0.25, 0.3) is 0 Å². The van der Waals surface area contributed by atoms with Gasteiger partial charge in [-0.15, -0.1) is 0 Å². The minimum absolute atomic E-state index is 0.197. The molecule has 0 atom stereocenters. The largest absolute Gasteiger partial charge is 0.282 e. The number of allylic oxidation sites excluding steroid dienone is 1. The van der Waals surface area contributed by atoms with Gasteiger partial charge in [-0.3, -0.25) is 14.7 Å². The molecule has 1 amide bonds. The average molecular weight is 340 g/mol. The zero-order valence-corrected chi connectivity index (χ0v) is 14.6. The van der Waals surface area contributed by atoms with E-state index in [0.717, 1.165) is 53.5 Å². The molecule has 0 bridgehead atoms. The van der Waals surface area contributed by atoms with E-state index in [1.807, 2.05) is 53.4 Å². The van der Waals surface area contributed by atoms with Gasteiger partial charge in [-0.2, -0.15) is 0 Å². The number of rotatable bonds is 2. The number of hydrogen-bond donors (Lipinski definition) is 0. The summed E-state index contributed by atoms with van der Waals surface area (Å²) in [7, 11) is 0. The van der Waals surface area contributed by atoms with Crippen LogP contribution >= 0.6 is 0 Å². The fourth-order valence-electron chi connectivity index (χ4n) is 4.25. The van der Waals surface area contributed by atoms with Crippen LogP contribution in [0.25, 0.3) is 17.0 Å². The van der Waals surface area contributed by atoms with Crippen molar-refractivity contribution >= 4 is 28.6 Å². The number of para-hydroxylation sites is 1. The van der Waals surface area contributed by atoms with Crippen molar-refractivity contribution in [2.75, 3.05) is 4.90 Å². The molecule has 5 rings (SSSR count). The highest BCUT2D eigenvalue weighted by Gasteiger charge is 2.53. The molecule has 0 radical (unpaired) electrons. The van der Waals surface area contributed by atoms with Crippen LogP contribution in [-0.4, -0.2) is 10.9 Å². The van der Waals surface area contributed by atoms with E-state index >= 15 is 0 Å². The maximum absolute atomic E-state index is 13.4. The Morgan fingerprint density at radius 2 is 1.77 bits per heavy atom. The zero-order valence-electron chi connectivity index (χ0n) is 14.6. The predicted octanol–water partition coefficient (Wildman–Crippen LogP) is 5.18. The molecule has 1 saturated carbocycles. The van der Waals surface area contributed by atoms with Crippen molar-refractivity contribution in [2.24, 2.45) is 5.41 Å². The highest BCUT2D eigenvalue weighted by Crippen LogP contribution is 2.54. The number of amides is 1. The highest BCUT2D eigenvalue weighted by molar-refractivity contribution is 6.10. The second kappa shape index (κ2) is 5.80. The smallest absolute Gasteiger partial charge is 0.237 e. The van der Waals surface area contributed by atoms with E-state index in [-0.39, 0.29) is 11.3 Å². The summed E-state index contributed by atoms with van der Waals surface area (Å²) in [5.74, 6) is 0.240. The third kappa shape index (κ3) is 2.27. The normalized spacial score (nSPS) is 20.1. The quantitative estimate of drug-likeness (QED) is 0.644. The number of carbonyl (C=O) groups excluding carboxylic acids is 1. The summed E-state index contributed by atoms with van der Waals surface area (Å²) in [6, 6.07) is 20.3. The number of aromatic nitrogens is 1. The van der Waals surface area contributed by atoms with Gasteiger partial charge >= 0.3 is 0 Å². The molecule has 128 valence electrons. The van der Waals surface area contributed by atoms with Crippen LogP contribution in [0.5, 0.6) is 0 Å². The number of fused-ring (bicyclic) bond motifs is 1. The number of pyridine rings is 1. The third-order valence-corrected chi connectivity index (χ3v) is 5.76. The van der Waals surface area contributed by atoms with E-state index in [9.17, 15) is 4.79 Å². The number of benzene rings is 2. The maximum Gasteiger partial charge on any atom is 0.237 e. The van der Waals surface area contributed by atoms with Crippen LogP contribution in [0.1, 0.15) is 31.2 Å². The Balaban J connectivity index is 1.68. The van der Waals surface area contributed by atoms with E-state index in [0.29, 0.717) is 0 Å². The van der Waals surface area contributed by atoms with Crippen LogP contribution < -0.4 is 4.90 Å². The summed E-state index contributed by atoms with van der Waals surface area (Å²) in [6.45, 7) is 0. The Morgan fingerprint density at radius 1 is 0.962 bits per heavy atom. The Kier molecular flexibility index (Phi) is 3.42. The van der Waals surface area contributed by atoms with Crippen LogP contribution in [0, 0.1) is 5.41 Å². The minimum atomic E-state index is -0.197. The van der Waals surface area contributed by atoms with Crippen LogP contribution in [0.2, 0.25) is 0 Å². The van der Waals surface area contributed by atoms with Gasteiger partial charge in [-0.1, -0.05) is 55.0 Å². The lowest BCUT2D eigenvalue weighted by Gasteiger charge is -2.35. The first kappa shape index (κ1) is 15.3. The van der Waals surface area contributed by atoms with Gasteiger partial charge in [0.2, 0.25) is 5.91 Å². The molecule has 1 saturated heterocycles. The fraction of sp³-hybridized carbons (Fsp3) is 0.217. The van der Waals surface area contributed by atoms with E-state index in [1.54, 1.807) is 6.20 Å². The van der Waals surface area contributed by atoms with Crippen LogP contribution in [0.3, 0.4) is 0 Å². The Hall–Kier alpha value is -2.94. The SMILES string of the molecule is O=C1N(c2cccc3cccnc23)/C(=C/c2ccccc2)CC12CCC2. The molecule has 2 aliphatic rings. The standard InChI is InChI=1S/C23H20N2O/c26-22-23(12-6-13-23)16-19(15-17-7-2-1-3-8-17)25(22)20-11-4-9-18-10-5-14-24-21(18)20/h1-5,7-11,14-15H,6,12-13,16H2/b19-15+. The molecule has 0 unspecified atom stereocenters. The molecule has 3 aromatic rings. The molecule has 0 N–H and O–H groups in total. The fourth-order valence-corrected chi connectivity index (χ4v) is 4.25. The van der Waals surface area contributed by atoms with Crippen LogP contribution in [0.15, 0.2) is 72.6 Å². The topological polar surface area (TPSA) is 33.2 Å². The van der Waals surface area contributed by atoms with Gasteiger partial charge in [0.1, 0.15) is 0 Å². The predicted molar refractivity (Wildman–Crippen MR) is 105 cm³/mol. The molecule has 1 spiro atoms. The van der Waals surface area contributed by atoms with E-state index in [4.69, 9.17) is 0 Å². The van der Waals surface area contributed by atoms with Gasteiger partial charge in [0, 0.05) is 23.7 Å². The van der Waals surface area contributed by atoms with Gasteiger partial charge in [-0.05, 0) is 36.6 Å². The van der Waals surface area contributed by atoms with E-state index < -0.39 is 0 Å². The van der Waals surface area contributed by atoms with Crippen molar-refractivity contribution < 1.29 is 4.79 Å². The average Bonchev–Trinajstić information content (AvgIpc) is 2.94. The zero-order chi connectivity index (χ0) is 17.6. The number of hydrogen-bond acceptors (Lipinski definition) is 2. The Morgan fingerprint density at radius 3 is 2.54 bits per heavy atom. The highest BCUT2D eigenvalue weighted by atomic mass is 16.2. The van der Waals surface area contributed by atoms with Crippen molar-refractivity contribution in [1.82, 2.24) is 4.98 Å². The minimum Gasteiger partial charge on any atom is -0.282 e. The van der Waals surface area contributed by atoms with E-state index in [2.05, 4.69) is 23.2 Å². The Bertz CT molecular complexity index is 1010. The second-order valence-corrected chi connectivity index (χ2v) is 7.35. The van der Waals surface area contributed by atoms with E-state index in [1.165, 1.54) is 0 Å². The molecule has 2 aromatic carbocycles. The molecule has 26 heavy (non-hydrogen) atoms. The molecule has 1 aliphatic carbocycles. The summed E-state index contributed by atoms with van der Waals surface area (Å²) >= 11 is 0. The summed E-state index contributed by atoms with van der Waals surface area (Å²) in [4.78, 5) is 19.9. The number of carbonyl (C=O) groups is 1. The molecule has 1 aliphatic heterocycles. The van der Waals surface area contributed by atoms with Crippen molar-refractivity contribution in [3.8, 4) is 0 Å². The van der Waals surface area contributed by atoms with Gasteiger partial charge in [-0.25, -0.2) is 0 Å². The van der Waals surface area contributed by atoms with Crippen molar-refractivity contribution in [1.29, 1.82) is 0 Å². The molecule has 2 heterocycles. The number of nitrogens with zero attached hydrogens (tertiary/aromatic N) is 2. The third-order valence-electron chi connectivity index (χ3n) is 5.76. The monoisotopic (exact) mass is 340 g/mol. The maximum atomic E-state index is 13.4. The number of anilines is 1. The van der Waals surface area contributed by atoms with Gasteiger partial charge < -0.3 is 0 Å². The van der Waals surface area contributed by atoms with Crippen molar-refractivity contribution in [3.05, 3.63) is 78.1 Å². The first-order chi connectivity index (χ1) is 12.8. The molecule has 3 nitrogen and oxygen atoms in total. The second-order valence-electron chi connectivity index (χ2n) is 7.35. The first-order valence-electron chi connectivity index (χ1n) is 9.21. The van der Waals surface area contributed by atoms with Crippen LogP contribution in [0.4, 0.5) is 5.69 Å². The lowest BCUT2D eigenvalue weighted by Crippen LogP contribution is -2.39.